The lowest BCUT2D eigenvalue weighted by molar-refractivity contribution is -0.116. The van der Waals surface area contributed by atoms with E-state index in [4.69, 9.17) is 5.11 Å². The molecule has 3 rings (SSSR count). The molecule has 0 aliphatic rings. The molecular formula is C18H23N7O3. The number of carboxylic acids is 1. The van der Waals surface area contributed by atoms with Crippen LogP contribution in [0.3, 0.4) is 0 Å². The first-order chi connectivity index (χ1) is 13.3. The standard InChI is InChI=1S/C18H23N7O3/c1-5-23-12(3)14(8-20-23)9-24-13(4)17(11(2)22-24)21-16(26)10-25-15(18(27)28)6-7-19-25/h6-8H,5,9-10H2,1-4H3,(H,21,26)(H,27,28). The van der Waals surface area contributed by atoms with Crippen LogP contribution in [0, 0.1) is 20.8 Å². The normalized spacial score (nSPS) is 11.0. The average Bonchev–Trinajstić information content (AvgIpc) is 3.31. The zero-order valence-electron chi connectivity index (χ0n) is 16.3. The minimum atomic E-state index is -1.13. The molecule has 0 aromatic carbocycles. The first-order valence-electron chi connectivity index (χ1n) is 8.92. The van der Waals surface area contributed by atoms with Crippen molar-refractivity contribution in [3.8, 4) is 0 Å². The molecule has 2 N–H and O–H groups in total. The van der Waals surface area contributed by atoms with Crippen LogP contribution in [0.1, 0.15) is 40.1 Å². The highest BCUT2D eigenvalue weighted by Gasteiger charge is 2.18. The zero-order chi connectivity index (χ0) is 20.4. The van der Waals surface area contributed by atoms with Crippen LogP contribution < -0.4 is 5.32 Å². The highest BCUT2D eigenvalue weighted by molar-refractivity contribution is 5.92. The van der Waals surface area contributed by atoms with Crippen LogP contribution in [0.15, 0.2) is 18.5 Å². The van der Waals surface area contributed by atoms with Crippen LogP contribution in [0.2, 0.25) is 0 Å². The minimum Gasteiger partial charge on any atom is -0.477 e. The van der Waals surface area contributed by atoms with Crippen LogP contribution >= 0.6 is 0 Å². The Morgan fingerprint density at radius 2 is 1.86 bits per heavy atom. The first kappa shape index (κ1) is 19.3. The highest BCUT2D eigenvalue weighted by atomic mass is 16.4. The maximum atomic E-state index is 12.4. The van der Waals surface area contributed by atoms with Gasteiger partial charge in [-0.1, -0.05) is 0 Å². The summed E-state index contributed by atoms with van der Waals surface area (Å²) in [4.78, 5) is 23.6. The van der Waals surface area contributed by atoms with Crippen LogP contribution in [-0.2, 0) is 24.4 Å². The van der Waals surface area contributed by atoms with Gasteiger partial charge in [0.05, 0.1) is 29.8 Å². The molecule has 0 saturated heterocycles. The fourth-order valence-electron chi connectivity index (χ4n) is 3.11. The van der Waals surface area contributed by atoms with Crippen molar-refractivity contribution in [2.45, 2.75) is 47.3 Å². The van der Waals surface area contributed by atoms with Crippen molar-refractivity contribution in [1.82, 2.24) is 29.3 Å². The van der Waals surface area contributed by atoms with E-state index in [2.05, 4.69) is 20.6 Å². The fourth-order valence-corrected chi connectivity index (χ4v) is 3.11. The topological polar surface area (TPSA) is 120 Å². The second kappa shape index (κ2) is 7.67. The Kier molecular flexibility index (Phi) is 5.30. The Bertz CT molecular complexity index is 1030. The Hall–Kier alpha value is -3.43. The van der Waals surface area contributed by atoms with Crippen molar-refractivity contribution < 1.29 is 14.7 Å². The van der Waals surface area contributed by atoms with Gasteiger partial charge in [-0.25, -0.2) is 9.48 Å². The Balaban J connectivity index is 1.76. The number of aromatic carboxylic acids is 1. The molecular weight excluding hydrogens is 362 g/mol. The number of aromatic nitrogens is 6. The van der Waals surface area contributed by atoms with E-state index in [1.165, 1.54) is 12.3 Å². The van der Waals surface area contributed by atoms with Gasteiger partial charge in [-0.2, -0.15) is 15.3 Å². The SMILES string of the molecule is CCn1ncc(Cn2nc(C)c(NC(=O)Cn3nccc3C(=O)O)c2C)c1C. The summed E-state index contributed by atoms with van der Waals surface area (Å²) in [5, 5.41) is 24.7. The number of carbonyl (C=O) groups is 2. The molecule has 1 amide bonds. The van der Waals surface area contributed by atoms with Crippen molar-refractivity contribution in [2.75, 3.05) is 5.32 Å². The summed E-state index contributed by atoms with van der Waals surface area (Å²) in [7, 11) is 0. The smallest absolute Gasteiger partial charge is 0.354 e. The lowest BCUT2D eigenvalue weighted by atomic mass is 10.2. The fraction of sp³-hybridized carbons (Fsp3) is 0.389. The molecule has 0 unspecified atom stereocenters. The van der Waals surface area contributed by atoms with E-state index in [9.17, 15) is 9.59 Å². The van der Waals surface area contributed by atoms with Crippen molar-refractivity contribution >= 4 is 17.6 Å². The number of carbonyl (C=O) groups excluding carboxylic acids is 1. The Morgan fingerprint density at radius 3 is 2.50 bits per heavy atom. The number of nitrogens with zero attached hydrogens (tertiary/aromatic N) is 6. The number of amides is 1. The van der Waals surface area contributed by atoms with Gasteiger partial charge in [0.15, 0.2) is 0 Å². The van der Waals surface area contributed by atoms with Crippen LogP contribution in [0.5, 0.6) is 0 Å². The molecule has 28 heavy (non-hydrogen) atoms. The molecule has 0 bridgehead atoms. The van der Waals surface area contributed by atoms with Crippen LogP contribution in [-0.4, -0.2) is 46.3 Å². The second-order valence-corrected chi connectivity index (χ2v) is 6.50. The van der Waals surface area contributed by atoms with Gasteiger partial charge in [0.25, 0.3) is 0 Å². The molecule has 10 heteroatoms. The number of hydrogen-bond acceptors (Lipinski definition) is 5. The van der Waals surface area contributed by atoms with Gasteiger partial charge in [-0.15, -0.1) is 0 Å². The summed E-state index contributed by atoms with van der Waals surface area (Å²) < 4.78 is 4.90. The van der Waals surface area contributed by atoms with Gasteiger partial charge < -0.3 is 10.4 Å². The molecule has 0 spiro atoms. The summed E-state index contributed by atoms with van der Waals surface area (Å²) in [5.41, 5.74) is 4.23. The number of aryl methyl sites for hydroxylation is 2. The monoisotopic (exact) mass is 385 g/mol. The molecule has 0 fully saturated rings. The molecule has 3 aromatic heterocycles. The zero-order valence-corrected chi connectivity index (χ0v) is 16.3. The first-order valence-corrected chi connectivity index (χ1v) is 8.92. The van der Waals surface area contributed by atoms with E-state index < -0.39 is 5.97 Å². The molecule has 0 aliphatic heterocycles. The average molecular weight is 385 g/mol. The largest absolute Gasteiger partial charge is 0.477 e. The predicted molar refractivity (Wildman–Crippen MR) is 101 cm³/mol. The summed E-state index contributed by atoms with van der Waals surface area (Å²) in [5.74, 6) is -1.50. The van der Waals surface area contributed by atoms with Crippen molar-refractivity contribution in [1.29, 1.82) is 0 Å². The van der Waals surface area contributed by atoms with E-state index in [-0.39, 0.29) is 18.1 Å². The lowest BCUT2D eigenvalue weighted by Crippen LogP contribution is -2.22. The van der Waals surface area contributed by atoms with E-state index in [1.807, 2.05) is 43.3 Å². The maximum Gasteiger partial charge on any atom is 0.354 e. The summed E-state index contributed by atoms with van der Waals surface area (Å²) in [6, 6.07) is 1.35. The van der Waals surface area contributed by atoms with Gasteiger partial charge in [0.1, 0.15) is 12.2 Å². The van der Waals surface area contributed by atoms with Crippen molar-refractivity contribution in [3.63, 3.8) is 0 Å². The van der Waals surface area contributed by atoms with Crippen molar-refractivity contribution in [2.24, 2.45) is 0 Å². The number of nitrogens with one attached hydrogen (secondary N) is 1. The molecule has 10 nitrogen and oxygen atoms in total. The molecule has 0 saturated carbocycles. The van der Waals surface area contributed by atoms with Gasteiger partial charge in [0.2, 0.25) is 5.91 Å². The molecule has 0 radical (unpaired) electrons. The van der Waals surface area contributed by atoms with Crippen LogP contribution in [0.25, 0.3) is 0 Å². The highest BCUT2D eigenvalue weighted by Crippen LogP contribution is 2.21. The number of anilines is 1. The summed E-state index contributed by atoms with van der Waals surface area (Å²) >= 11 is 0. The van der Waals surface area contributed by atoms with E-state index in [0.717, 1.165) is 28.2 Å². The Labute approximate surface area is 161 Å². The molecule has 0 atom stereocenters. The molecule has 0 aliphatic carbocycles. The van der Waals surface area contributed by atoms with E-state index in [1.54, 1.807) is 0 Å². The third-order valence-corrected chi connectivity index (χ3v) is 4.70. The predicted octanol–water partition coefficient (Wildman–Crippen LogP) is 1.61. The van der Waals surface area contributed by atoms with E-state index >= 15 is 0 Å². The third-order valence-electron chi connectivity index (χ3n) is 4.70. The minimum absolute atomic E-state index is 0.0392. The number of hydrogen-bond donors (Lipinski definition) is 2. The number of rotatable bonds is 7. The number of carboxylic acid groups (broad SMARTS) is 1. The van der Waals surface area contributed by atoms with E-state index in [0.29, 0.717) is 17.9 Å². The molecule has 3 aromatic rings. The summed E-state index contributed by atoms with van der Waals surface area (Å²) in [6.07, 6.45) is 3.18. The lowest BCUT2D eigenvalue weighted by Gasteiger charge is -2.08. The maximum absolute atomic E-state index is 12.4. The van der Waals surface area contributed by atoms with Crippen LogP contribution in [0.4, 0.5) is 5.69 Å². The van der Waals surface area contributed by atoms with Gasteiger partial charge in [-0.3, -0.25) is 14.2 Å². The molecule has 3 heterocycles. The quantitative estimate of drug-likeness (QED) is 0.637. The van der Waals surface area contributed by atoms with Gasteiger partial charge >= 0.3 is 5.97 Å². The van der Waals surface area contributed by atoms with Crippen molar-refractivity contribution in [3.05, 3.63) is 46.8 Å². The molecule has 148 valence electrons. The van der Waals surface area contributed by atoms with Gasteiger partial charge in [0, 0.05) is 24.0 Å². The Morgan fingerprint density at radius 1 is 1.11 bits per heavy atom. The van der Waals surface area contributed by atoms with Gasteiger partial charge in [-0.05, 0) is 33.8 Å². The third kappa shape index (κ3) is 3.66. The summed E-state index contributed by atoms with van der Waals surface area (Å²) in [6.45, 7) is 8.91. The second-order valence-electron chi connectivity index (χ2n) is 6.50.